The number of aliphatic hydroxyl groups excluding tert-OH is 1. The van der Waals surface area contributed by atoms with Crippen LogP contribution < -0.4 is 10.2 Å². The molecule has 0 spiro atoms. The molecule has 152 valence electrons. The van der Waals surface area contributed by atoms with Crippen LogP contribution in [-0.2, 0) is 0 Å². The zero-order valence-electron chi connectivity index (χ0n) is 16.0. The van der Waals surface area contributed by atoms with Crippen molar-refractivity contribution in [1.29, 1.82) is 0 Å². The molecule has 4 rings (SSSR count). The van der Waals surface area contributed by atoms with Crippen molar-refractivity contribution in [1.82, 2.24) is 14.9 Å². The Bertz CT molecular complexity index is 1050. The quantitative estimate of drug-likeness (QED) is 0.691. The number of pyridine rings is 1. The number of fused-ring (bicyclic) bond motifs is 1. The molecule has 2 aromatic heterocycles. The Hall–Kier alpha value is -3.00. The molecule has 3 aromatic rings. The van der Waals surface area contributed by atoms with E-state index < -0.39 is 17.7 Å². The summed E-state index contributed by atoms with van der Waals surface area (Å²) in [6, 6.07) is 6.95. The number of nitrogens with zero attached hydrogens (tertiary/aromatic N) is 3. The molecular formula is C21H22F2N4O2. The van der Waals surface area contributed by atoms with E-state index in [9.17, 15) is 18.7 Å². The number of rotatable bonds is 5. The third-order valence-corrected chi connectivity index (χ3v) is 5.21. The minimum Gasteiger partial charge on any atom is -0.392 e. The standard InChI is InChI=1S/C21H22F2N4O2/c1-13(28)11-24-21(29)17-12-25-27-8-6-15(10-20(17)27)26-7-2-3-19(26)16-9-14(22)4-5-18(16)23/h4-6,8-10,12-13,19,28H,2-3,7,11H2,1H3,(H,24,29)/t13-,19+/m0/s1. The molecule has 1 saturated heterocycles. The maximum Gasteiger partial charge on any atom is 0.255 e. The van der Waals surface area contributed by atoms with Gasteiger partial charge in [0.05, 0.1) is 29.4 Å². The summed E-state index contributed by atoms with van der Waals surface area (Å²) in [5, 5.41) is 16.2. The molecule has 0 saturated carbocycles. The van der Waals surface area contributed by atoms with Crippen molar-refractivity contribution in [3.63, 3.8) is 0 Å². The summed E-state index contributed by atoms with van der Waals surface area (Å²) in [4.78, 5) is 14.5. The predicted octanol–water partition coefficient (Wildman–Crippen LogP) is 3.06. The first-order valence-corrected chi connectivity index (χ1v) is 9.59. The second-order valence-corrected chi connectivity index (χ2v) is 7.35. The van der Waals surface area contributed by atoms with Gasteiger partial charge in [-0.15, -0.1) is 0 Å². The summed E-state index contributed by atoms with van der Waals surface area (Å²) < 4.78 is 29.7. The van der Waals surface area contributed by atoms with Gasteiger partial charge in [0.25, 0.3) is 5.91 Å². The third-order valence-electron chi connectivity index (χ3n) is 5.21. The normalized spacial score (nSPS) is 17.7. The van der Waals surface area contributed by atoms with Crippen LogP contribution in [0.2, 0.25) is 0 Å². The van der Waals surface area contributed by atoms with Gasteiger partial charge < -0.3 is 15.3 Å². The lowest BCUT2D eigenvalue weighted by Gasteiger charge is -2.27. The van der Waals surface area contributed by atoms with Crippen LogP contribution in [0.1, 0.15) is 41.7 Å². The molecule has 0 unspecified atom stereocenters. The number of nitrogens with one attached hydrogen (secondary N) is 1. The van der Waals surface area contributed by atoms with Gasteiger partial charge in [-0.1, -0.05) is 0 Å². The molecule has 1 fully saturated rings. The molecule has 1 aromatic carbocycles. The summed E-state index contributed by atoms with van der Waals surface area (Å²) in [5.74, 6) is -1.21. The Morgan fingerprint density at radius 1 is 1.34 bits per heavy atom. The molecule has 29 heavy (non-hydrogen) atoms. The van der Waals surface area contributed by atoms with E-state index in [0.717, 1.165) is 24.2 Å². The molecule has 1 aliphatic rings. The van der Waals surface area contributed by atoms with Gasteiger partial charge in [-0.2, -0.15) is 5.10 Å². The minimum atomic E-state index is -0.650. The van der Waals surface area contributed by atoms with Crippen molar-refractivity contribution in [3.05, 3.63) is 65.5 Å². The van der Waals surface area contributed by atoms with Crippen molar-refractivity contribution in [3.8, 4) is 0 Å². The van der Waals surface area contributed by atoms with Crippen LogP contribution in [0.25, 0.3) is 5.52 Å². The van der Waals surface area contributed by atoms with Gasteiger partial charge >= 0.3 is 0 Å². The smallest absolute Gasteiger partial charge is 0.255 e. The van der Waals surface area contributed by atoms with Crippen molar-refractivity contribution < 1.29 is 18.7 Å². The highest BCUT2D eigenvalue weighted by molar-refractivity contribution is 6.01. The van der Waals surface area contributed by atoms with Crippen LogP contribution in [0, 0.1) is 11.6 Å². The number of halogens is 2. The highest BCUT2D eigenvalue weighted by atomic mass is 19.1. The number of anilines is 1. The monoisotopic (exact) mass is 400 g/mol. The lowest BCUT2D eigenvalue weighted by atomic mass is 10.0. The summed E-state index contributed by atoms with van der Waals surface area (Å²) in [6.07, 6.45) is 4.14. The fraction of sp³-hybridized carbons (Fsp3) is 0.333. The fourth-order valence-corrected chi connectivity index (χ4v) is 3.83. The Kier molecular flexibility index (Phi) is 5.19. The average Bonchev–Trinajstić information content (AvgIpc) is 3.34. The van der Waals surface area contributed by atoms with E-state index in [1.165, 1.54) is 12.3 Å². The summed E-state index contributed by atoms with van der Waals surface area (Å²) in [6.45, 7) is 2.44. The molecule has 1 aliphatic heterocycles. The first-order valence-electron chi connectivity index (χ1n) is 9.59. The van der Waals surface area contributed by atoms with E-state index in [1.54, 1.807) is 17.6 Å². The van der Waals surface area contributed by atoms with Gasteiger partial charge in [0.1, 0.15) is 11.6 Å². The fourth-order valence-electron chi connectivity index (χ4n) is 3.83. The zero-order chi connectivity index (χ0) is 20.5. The first-order chi connectivity index (χ1) is 13.9. The van der Waals surface area contributed by atoms with Crippen molar-refractivity contribution in [2.24, 2.45) is 0 Å². The zero-order valence-corrected chi connectivity index (χ0v) is 16.0. The Morgan fingerprint density at radius 2 is 2.17 bits per heavy atom. The van der Waals surface area contributed by atoms with Gasteiger partial charge in [0, 0.05) is 30.5 Å². The third kappa shape index (κ3) is 3.80. The van der Waals surface area contributed by atoms with E-state index in [0.29, 0.717) is 29.6 Å². The highest BCUT2D eigenvalue weighted by Gasteiger charge is 2.29. The van der Waals surface area contributed by atoms with Gasteiger partial charge in [-0.25, -0.2) is 13.3 Å². The van der Waals surface area contributed by atoms with Crippen LogP contribution in [0.3, 0.4) is 0 Å². The van der Waals surface area contributed by atoms with Crippen LogP contribution in [-0.4, -0.2) is 39.8 Å². The molecule has 0 bridgehead atoms. The van der Waals surface area contributed by atoms with Crippen molar-refractivity contribution in [2.45, 2.75) is 31.9 Å². The van der Waals surface area contributed by atoms with Gasteiger partial charge in [0.2, 0.25) is 0 Å². The van der Waals surface area contributed by atoms with Crippen LogP contribution in [0.5, 0.6) is 0 Å². The van der Waals surface area contributed by atoms with Gasteiger partial charge in [-0.3, -0.25) is 4.79 Å². The van der Waals surface area contributed by atoms with Crippen molar-refractivity contribution >= 4 is 17.1 Å². The average molecular weight is 400 g/mol. The van der Waals surface area contributed by atoms with E-state index in [4.69, 9.17) is 0 Å². The maximum atomic E-state index is 14.4. The van der Waals surface area contributed by atoms with Crippen LogP contribution >= 0.6 is 0 Å². The Morgan fingerprint density at radius 3 is 2.97 bits per heavy atom. The van der Waals surface area contributed by atoms with Gasteiger partial charge in [0.15, 0.2) is 0 Å². The number of aromatic nitrogens is 2. The number of carbonyl (C=O) groups excluding carboxylic acids is 1. The molecule has 3 heterocycles. The SMILES string of the molecule is C[C@H](O)CNC(=O)c1cnn2ccc(N3CCC[C@@H]3c3cc(F)ccc3F)cc12. The number of aliphatic hydroxyl groups is 1. The Labute approximate surface area is 166 Å². The topological polar surface area (TPSA) is 69.9 Å². The number of benzene rings is 1. The molecule has 2 atom stereocenters. The van der Waals surface area contributed by atoms with Gasteiger partial charge in [-0.05, 0) is 50.1 Å². The van der Waals surface area contributed by atoms with Crippen LogP contribution in [0.15, 0.2) is 42.7 Å². The molecule has 8 heteroatoms. The number of amides is 1. The second-order valence-electron chi connectivity index (χ2n) is 7.35. The largest absolute Gasteiger partial charge is 0.392 e. The number of carbonyl (C=O) groups is 1. The van der Waals surface area contributed by atoms with Crippen molar-refractivity contribution in [2.75, 3.05) is 18.0 Å². The number of hydrogen-bond donors (Lipinski definition) is 2. The van der Waals surface area contributed by atoms with E-state index >= 15 is 0 Å². The molecule has 2 N–H and O–H groups in total. The summed E-state index contributed by atoms with van der Waals surface area (Å²) >= 11 is 0. The van der Waals surface area contributed by atoms with Crippen LogP contribution in [0.4, 0.5) is 14.5 Å². The van der Waals surface area contributed by atoms with E-state index in [2.05, 4.69) is 10.4 Å². The van der Waals surface area contributed by atoms with E-state index in [1.807, 2.05) is 17.0 Å². The minimum absolute atomic E-state index is 0.142. The summed E-state index contributed by atoms with van der Waals surface area (Å²) in [5.41, 5.74) is 2.15. The Balaban J connectivity index is 1.67. The summed E-state index contributed by atoms with van der Waals surface area (Å²) in [7, 11) is 0. The molecule has 0 radical (unpaired) electrons. The first kappa shape index (κ1) is 19.3. The highest BCUT2D eigenvalue weighted by Crippen LogP contribution is 2.38. The predicted molar refractivity (Wildman–Crippen MR) is 105 cm³/mol. The molecule has 6 nitrogen and oxygen atoms in total. The second kappa shape index (κ2) is 7.79. The lowest BCUT2D eigenvalue weighted by Crippen LogP contribution is -2.30. The van der Waals surface area contributed by atoms with E-state index in [-0.39, 0.29) is 18.5 Å². The maximum absolute atomic E-state index is 14.4. The molecule has 0 aliphatic carbocycles. The number of hydrogen-bond acceptors (Lipinski definition) is 4. The lowest BCUT2D eigenvalue weighted by molar-refractivity contribution is 0.0925. The molecular weight excluding hydrogens is 378 g/mol. The molecule has 1 amide bonds.